The second-order valence-corrected chi connectivity index (χ2v) is 11.9. The van der Waals surface area contributed by atoms with Crippen molar-refractivity contribution in [2.75, 3.05) is 19.0 Å². The summed E-state index contributed by atoms with van der Waals surface area (Å²) in [7, 11) is -0.0693. The minimum Gasteiger partial charge on any atom is -0.468 e. The van der Waals surface area contributed by atoms with Crippen LogP contribution in [-0.4, -0.2) is 37.1 Å². The van der Waals surface area contributed by atoms with Crippen molar-refractivity contribution < 1.29 is 9.53 Å². The molecule has 5 nitrogen and oxygen atoms in total. The van der Waals surface area contributed by atoms with Crippen molar-refractivity contribution in [3.05, 3.63) is 29.6 Å². The molecule has 126 valence electrons. The summed E-state index contributed by atoms with van der Waals surface area (Å²) in [6.07, 6.45) is 0. The molecule has 2 aromatic rings. The summed E-state index contributed by atoms with van der Waals surface area (Å²) in [5, 5.41) is 3.90. The number of hydrogen-bond acceptors (Lipinski definition) is 6. The minimum absolute atomic E-state index is 0.129. The van der Waals surface area contributed by atoms with Crippen molar-refractivity contribution in [2.24, 2.45) is 0 Å². The lowest BCUT2D eigenvalue weighted by molar-refractivity contribution is -0.138. The predicted octanol–water partition coefficient (Wildman–Crippen LogP) is 3.33. The quantitative estimate of drug-likeness (QED) is 0.515. The lowest BCUT2D eigenvalue weighted by atomic mass is 10.1. The van der Waals surface area contributed by atoms with E-state index in [1.54, 1.807) is 0 Å². The van der Waals surface area contributed by atoms with Gasteiger partial charge in [0.05, 0.1) is 7.11 Å². The van der Waals surface area contributed by atoms with Gasteiger partial charge in [0.1, 0.15) is 19.6 Å². The van der Waals surface area contributed by atoms with Gasteiger partial charge in [0.2, 0.25) is 5.82 Å². The van der Waals surface area contributed by atoms with Crippen LogP contribution in [0.1, 0.15) is 11.4 Å². The highest BCUT2D eigenvalue weighted by Crippen LogP contribution is 2.26. The van der Waals surface area contributed by atoms with Gasteiger partial charge in [-0.05, 0) is 36.0 Å². The number of carbonyl (C=O) groups is 1. The zero-order valence-electron chi connectivity index (χ0n) is 14.6. The minimum atomic E-state index is -1.44. The van der Waals surface area contributed by atoms with Gasteiger partial charge in [0.25, 0.3) is 0 Å². The maximum atomic E-state index is 11.3. The largest absolute Gasteiger partial charge is 0.468 e. The third-order valence-corrected chi connectivity index (χ3v) is 4.75. The van der Waals surface area contributed by atoms with E-state index >= 15 is 0 Å². The molecule has 0 amide bonds. The first-order chi connectivity index (χ1) is 11.3. The van der Waals surface area contributed by atoms with Crippen LogP contribution >= 0.6 is 11.5 Å². The first-order valence-corrected chi connectivity index (χ1v) is 11.8. The number of nitrogens with one attached hydrogen (secondary N) is 1. The topological polar surface area (TPSA) is 64.1 Å². The van der Waals surface area contributed by atoms with Crippen molar-refractivity contribution in [3.63, 3.8) is 0 Å². The second-order valence-electron chi connectivity index (χ2n) is 6.38. The van der Waals surface area contributed by atoms with Crippen LogP contribution < -0.4 is 5.32 Å². The maximum Gasteiger partial charge on any atom is 0.325 e. The fourth-order valence-corrected chi connectivity index (χ4v) is 2.93. The molecule has 0 unspecified atom stereocenters. The fourth-order valence-electron chi connectivity index (χ4n) is 1.82. The zero-order chi connectivity index (χ0) is 17.7. The van der Waals surface area contributed by atoms with Crippen LogP contribution in [0.25, 0.3) is 10.6 Å². The molecule has 0 atom stereocenters. The number of nitrogens with zero attached hydrogens (tertiary/aromatic N) is 2. The van der Waals surface area contributed by atoms with Gasteiger partial charge < -0.3 is 10.1 Å². The summed E-state index contributed by atoms with van der Waals surface area (Å²) in [6.45, 7) is 8.67. The molecular formula is C17H21N3O2SSi. The van der Waals surface area contributed by atoms with E-state index in [1.807, 2.05) is 25.1 Å². The smallest absolute Gasteiger partial charge is 0.325 e. The Morgan fingerprint density at radius 1 is 1.38 bits per heavy atom. The summed E-state index contributed by atoms with van der Waals surface area (Å²) >= 11 is 1.33. The molecule has 24 heavy (non-hydrogen) atoms. The Morgan fingerprint density at radius 2 is 2.12 bits per heavy atom. The highest BCUT2D eigenvalue weighted by molar-refractivity contribution is 7.09. The average Bonchev–Trinajstić information content (AvgIpc) is 3.00. The van der Waals surface area contributed by atoms with E-state index < -0.39 is 8.07 Å². The van der Waals surface area contributed by atoms with E-state index in [-0.39, 0.29) is 12.5 Å². The molecule has 1 N–H and O–H groups in total. The number of aryl methyl sites for hydroxylation is 1. The van der Waals surface area contributed by atoms with Gasteiger partial charge in [-0.1, -0.05) is 31.8 Å². The van der Waals surface area contributed by atoms with Crippen LogP contribution in [-0.2, 0) is 9.53 Å². The third kappa shape index (κ3) is 5.18. The Morgan fingerprint density at radius 3 is 2.79 bits per heavy atom. The van der Waals surface area contributed by atoms with E-state index in [9.17, 15) is 4.79 Å². The molecule has 0 saturated heterocycles. The Bertz CT molecular complexity index is 800. The molecule has 0 aliphatic heterocycles. The number of rotatable bonds is 4. The molecule has 0 radical (unpaired) electrons. The molecule has 7 heteroatoms. The molecule has 0 spiro atoms. The molecule has 0 aliphatic carbocycles. The standard InChI is InChI=1S/C17H21N3O2SSi/c1-12-6-7-13(10-14(12)18-11-16(21)22-2)17-19-15(20-23-17)8-9-24(3,4)5/h6-7,10,18H,11H2,1-5H3. The Labute approximate surface area is 147 Å². The van der Waals surface area contributed by atoms with Crippen LogP contribution in [0.2, 0.25) is 19.6 Å². The van der Waals surface area contributed by atoms with Crippen LogP contribution in [0.15, 0.2) is 18.2 Å². The van der Waals surface area contributed by atoms with E-state index in [0.717, 1.165) is 21.8 Å². The van der Waals surface area contributed by atoms with E-state index in [1.165, 1.54) is 18.6 Å². The molecule has 1 aromatic carbocycles. The Balaban J connectivity index is 2.22. The lowest BCUT2D eigenvalue weighted by Crippen LogP contribution is -2.16. The van der Waals surface area contributed by atoms with Crippen LogP contribution in [0.5, 0.6) is 0 Å². The van der Waals surface area contributed by atoms with Gasteiger partial charge >= 0.3 is 5.97 Å². The highest BCUT2D eigenvalue weighted by atomic mass is 32.1. The number of benzene rings is 1. The van der Waals surface area contributed by atoms with Gasteiger partial charge in [-0.25, -0.2) is 4.98 Å². The number of carbonyl (C=O) groups excluding carboxylic acids is 1. The summed E-state index contributed by atoms with van der Waals surface area (Å²) in [5.74, 6) is 3.34. The molecule has 0 aliphatic rings. The van der Waals surface area contributed by atoms with Crippen LogP contribution in [0.4, 0.5) is 5.69 Å². The molecule has 1 aromatic heterocycles. The molecule has 0 saturated carbocycles. The van der Waals surface area contributed by atoms with Gasteiger partial charge in [-0.2, -0.15) is 4.37 Å². The molecule has 1 heterocycles. The van der Waals surface area contributed by atoms with Gasteiger partial charge in [0, 0.05) is 11.3 Å². The SMILES string of the molecule is COC(=O)CNc1cc(-c2nc(C#C[Si](C)(C)C)ns2)ccc1C. The predicted molar refractivity (Wildman–Crippen MR) is 101 cm³/mol. The van der Waals surface area contributed by atoms with E-state index in [0.29, 0.717) is 5.82 Å². The third-order valence-electron chi connectivity index (χ3n) is 3.11. The van der Waals surface area contributed by atoms with Gasteiger partial charge in [-0.15, -0.1) is 5.54 Å². The number of esters is 1. The van der Waals surface area contributed by atoms with Gasteiger partial charge in [-0.3, -0.25) is 4.79 Å². The van der Waals surface area contributed by atoms with Crippen molar-refractivity contribution in [2.45, 2.75) is 26.6 Å². The van der Waals surface area contributed by atoms with Crippen molar-refractivity contribution in [3.8, 4) is 22.0 Å². The van der Waals surface area contributed by atoms with Crippen LogP contribution in [0.3, 0.4) is 0 Å². The number of aromatic nitrogens is 2. The summed E-state index contributed by atoms with van der Waals surface area (Å²) in [5.41, 5.74) is 6.14. The number of methoxy groups -OCH3 is 1. The van der Waals surface area contributed by atoms with Gasteiger partial charge in [0.15, 0.2) is 0 Å². The summed E-state index contributed by atoms with van der Waals surface area (Å²) < 4.78 is 8.97. The normalized spacial score (nSPS) is 10.7. The fraction of sp³-hybridized carbons (Fsp3) is 0.353. The number of anilines is 1. The second kappa shape index (κ2) is 7.60. The van der Waals surface area contributed by atoms with E-state index in [2.05, 4.69) is 50.5 Å². The Kier molecular flexibility index (Phi) is 5.75. The summed E-state index contributed by atoms with van der Waals surface area (Å²) in [4.78, 5) is 15.8. The van der Waals surface area contributed by atoms with E-state index in [4.69, 9.17) is 0 Å². The van der Waals surface area contributed by atoms with Crippen molar-refractivity contribution in [1.29, 1.82) is 0 Å². The monoisotopic (exact) mass is 359 g/mol. The molecular weight excluding hydrogens is 338 g/mol. The lowest BCUT2D eigenvalue weighted by Gasteiger charge is -2.09. The average molecular weight is 360 g/mol. The summed E-state index contributed by atoms with van der Waals surface area (Å²) in [6, 6.07) is 5.95. The molecule has 0 fully saturated rings. The number of ether oxygens (including phenoxy) is 1. The first-order valence-electron chi connectivity index (χ1n) is 7.57. The number of hydrogen-bond donors (Lipinski definition) is 1. The maximum absolute atomic E-state index is 11.3. The molecule has 2 rings (SSSR count). The van der Waals surface area contributed by atoms with Crippen LogP contribution in [0, 0.1) is 18.4 Å². The Hall–Kier alpha value is -2.17. The van der Waals surface area contributed by atoms with Crippen molar-refractivity contribution >= 4 is 31.3 Å². The zero-order valence-corrected chi connectivity index (χ0v) is 16.4. The van der Waals surface area contributed by atoms with Crippen molar-refractivity contribution in [1.82, 2.24) is 9.36 Å². The molecule has 0 bridgehead atoms. The highest BCUT2D eigenvalue weighted by Gasteiger charge is 2.11. The first kappa shape index (κ1) is 18.2.